The molecular weight excluding hydrogens is 310 g/mol. The molecular formula is C21H23N3O. The van der Waals surface area contributed by atoms with Gasteiger partial charge in [-0.1, -0.05) is 62.2 Å². The molecule has 0 aromatic heterocycles. The second kappa shape index (κ2) is 8.29. The van der Waals surface area contributed by atoms with Crippen LogP contribution in [0.3, 0.4) is 0 Å². The molecule has 0 unspecified atom stereocenters. The number of benzene rings is 3. The van der Waals surface area contributed by atoms with Crippen LogP contribution in [0.4, 0.5) is 17.1 Å². The van der Waals surface area contributed by atoms with Crippen LogP contribution in [-0.4, -0.2) is 11.7 Å². The molecule has 0 spiro atoms. The summed E-state index contributed by atoms with van der Waals surface area (Å²) >= 11 is 0. The van der Waals surface area contributed by atoms with Crippen molar-refractivity contribution in [1.29, 1.82) is 0 Å². The minimum Gasteiger partial charge on any atom is -0.505 e. The van der Waals surface area contributed by atoms with Gasteiger partial charge in [-0.2, -0.15) is 5.11 Å². The maximum absolute atomic E-state index is 10.6. The predicted molar refractivity (Wildman–Crippen MR) is 104 cm³/mol. The molecule has 128 valence electrons. The fourth-order valence-electron chi connectivity index (χ4n) is 2.76. The minimum atomic E-state index is 0.269. The Morgan fingerprint density at radius 3 is 2.36 bits per heavy atom. The summed E-state index contributed by atoms with van der Waals surface area (Å²) in [7, 11) is 0. The average Bonchev–Trinajstić information content (AvgIpc) is 2.67. The number of phenols is 1. The van der Waals surface area contributed by atoms with Crippen LogP contribution in [0.2, 0.25) is 0 Å². The van der Waals surface area contributed by atoms with Crippen LogP contribution in [0, 0.1) is 0 Å². The standard InChI is InChI=1S/C21H23N3O/c1-2-3-9-14-22-20-15-19(24-23-16-10-5-4-6-11-16)17-12-7-8-13-18(17)21(20)25/h4-8,10-13,15,22,25H,2-3,9,14H2,1H3. The van der Waals surface area contributed by atoms with Crippen LogP contribution in [0.1, 0.15) is 26.2 Å². The molecule has 0 aliphatic rings. The Morgan fingerprint density at radius 1 is 0.880 bits per heavy atom. The molecule has 0 radical (unpaired) electrons. The number of unbranched alkanes of at least 4 members (excludes halogenated alkanes) is 2. The van der Waals surface area contributed by atoms with Crippen molar-refractivity contribution >= 4 is 27.8 Å². The van der Waals surface area contributed by atoms with Crippen molar-refractivity contribution in [2.24, 2.45) is 10.2 Å². The Kier molecular flexibility index (Phi) is 5.62. The van der Waals surface area contributed by atoms with Crippen molar-refractivity contribution < 1.29 is 5.11 Å². The van der Waals surface area contributed by atoms with Gasteiger partial charge in [0, 0.05) is 17.3 Å². The number of aromatic hydroxyl groups is 1. The van der Waals surface area contributed by atoms with Gasteiger partial charge in [-0.3, -0.25) is 0 Å². The molecule has 2 N–H and O–H groups in total. The van der Waals surface area contributed by atoms with Crippen molar-refractivity contribution in [3.63, 3.8) is 0 Å². The predicted octanol–water partition coefficient (Wildman–Crippen LogP) is 6.56. The van der Waals surface area contributed by atoms with Gasteiger partial charge in [0.1, 0.15) is 5.75 Å². The normalized spacial score (nSPS) is 11.2. The van der Waals surface area contributed by atoms with E-state index in [1.165, 1.54) is 12.8 Å². The lowest BCUT2D eigenvalue weighted by Gasteiger charge is -2.12. The van der Waals surface area contributed by atoms with E-state index in [0.29, 0.717) is 5.69 Å². The fraction of sp³-hybridized carbons (Fsp3) is 0.238. The lowest BCUT2D eigenvalue weighted by atomic mass is 10.1. The van der Waals surface area contributed by atoms with Crippen LogP contribution in [0.5, 0.6) is 5.75 Å². The molecule has 0 amide bonds. The molecule has 0 aliphatic carbocycles. The zero-order valence-electron chi connectivity index (χ0n) is 14.4. The van der Waals surface area contributed by atoms with Gasteiger partial charge in [-0.25, -0.2) is 0 Å². The number of anilines is 1. The minimum absolute atomic E-state index is 0.269. The first-order chi connectivity index (χ1) is 12.3. The van der Waals surface area contributed by atoms with Crippen molar-refractivity contribution in [2.45, 2.75) is 26.2 Å². The Labute approximate surface area is 148 Å². The topological polar surface area (TPSA) is 57.0 Å². The van der Waals surface area contributed by atoms with Gasteiger partial charge in [-0.05, 0) is 24.6 Å². The zero-order chi connectivity index (χ0) is 17.5. The Hall–Kier alpha value is -2.88. The maximum atomic E-state index is 10.6. The number of nitrogens with one attached hydrogen (secondary N) is 1. The van der Waals surface area contributed by atoms with E-state index in [1.54, 1.807) is 0 Å². The van der Waals surface area contributed by atoms with E-state index in [-0.39, 0.29) is 5.75 Å². The molecule has 4 heteroatoms. The lowest BCUT2D eigenvalue weighted by Crippen LogP contribution is -2.01. The SMILES string of the molecule is CCCCCNc1cc(N=Nc2ccccc2)c2ccccc2c1O. The number of azo groups is 1. The number of hydrogen-bond donors (Lipinski definition) is 2. The van der Waals surface area contributed by atoms with E-state index in [0.717, 1.165) is 35.1 Å². The summed E-state index contributed by atoms with van der Waals surface area (Å²) in [4.78, 5) is 0. The molecule has 3 rings (SSSR count). The van der Waals surface area contributed by atoms with Crippen LogP contribution in [-0.2, 0) is 0 Å². The van der Waals surface area contributed by atoms with Crippen molar-refractivity contribution in [1.82, 2.24) is 0 Å². The van der Waals surface area contributed by atoms with Gasteiger partial charge in [0.15, 0.2) is 0 Å². The number of fused-ring (bicyclic) bond motifs is 1. The molecule has 3 aromatic rings. The highest BCUT2D eigenvalue weighted by molar-refractivity contribution is 6.00. The van der Waals surface area contributed by atoms with Crippen LogP contribution in [0.25, 0.3) is 10.8 Å². The average molecular weight is 333 g/mol. The van der Waals surface area contributed by atoms with Gasteiger partial charge >= 0.3 is 0 Å². The molecule has 0 fully saturated rings. The fourth-order valence-corrected chi connectivity index (χ4v) is 2.76. The third-order valence-electron chi connectivity index (χ3n) is 4.12. The smallest absolute Gasteiger partial charge is 0.146 e. The summed E-state index contributed by atoms with van der Waals surface area (Å²) in [5.41, 5.74) is 2.25. The molecule has 0 heterocycles. The molecule has 0 aliphatic heterocycles. The number of rotatable bonds is 7. The summed E-state index contributed by atoms with van der Waals surface area (Å²) in [5, 5.41) is 24.3. The van der Waals surface area contributed by atoms with Crippen LogP contribution >= 0.6 is 0 Å². The lowest BCUT2D eigenvalue weighted by molar-refractivity contribution is 0.483. The largest absolute Gasteiger partial charge is 0.505 e. The third kappa shape index (κ3) is 4.15. The zero-order valence-corrected chi connectivity index (χ0v) is 14.4. The number of nitrogens with zero attached hydrogens (tertiary/aromatic N) is 2. The first-order valence-electron chi connectivity index (χ1n) is 8.75. The Bertz CT molecular complexity index is 860. The van der Waals surface area contributed by atoms with Crippen LogP contribution in [0.15, 0.2) is 70.9 Å². The van der Waals surface area contributed by atoms with Crippen molar-refractivity contribution in [2.75, 3.05) is 11.9 Å². The quantitative estimate of drug-likeness (QED) is 0.292. The third-order valence-corrected chi connectivity index (χ3v) is 4.12. The highest BCUT2D eigenvalue weighted by Gasteiger charge is 2.10. The van der Waals surface area contributed by atoms with Crippen molar-refractivity contribution in [3.8, 4) is 5.75 Å². The molecule has 4 nitrogen and oxygen atoms in total. The van der Waals surface area contributed by atoms with Crippen molar-refractivity contribution in [3.05, 3.63) is 60.7 Å². The first-order valence-corrected chi connectivity index (χ1v) is 8.75. The van der Waals surface area contributed by atoms with Gasteiger partial charge in [0.25, 0.3) is 0 Å². The number of hydrogen-bond acceptors (Lipinski definition) is 4. The van der Waals surface area contributed by atoms with Gasteiger partial charge in [0.2, 0.25) is 0 Å². The highest BCUT2D eigenvalue weighted by atomic mass is 16.3. The first kappa shape index (κ1) is 17.0. The summed E-state index contributed by atoms with van der Waals surface area (Å²) in [5.74, 6) is 0.269. The molecule has 0 saturated heterocycles. The highest BCUT2D eigenvalue weighted by Crippen LogP contribution is 2.39. The molecule has 25 heavy (non-hydrogen) atoms. The van der Waals surface area contributed by atoms with Gasteiger partial charge in [-0.15, -0.1) is 5.11 Å². The molecule has 0 bridgehead atoms. The van der Waals surface area contributed by atoms with E-state index < -0.39 is 0 Å². The molecule has 3 aromatic carbocycles. The van der Waals surface area contributed by atoms with E-state index in [4.69, 9.17) is 0 Å². The molecule has 0 saturated carbocycles. The van der Waals surface area contributed by atoms with E-state index in [2.05, 4.69) is 22.5 Å². The van der Waals surface area contributed by atoms with Gasteiger partial charge < -0.3 is 10.4 Å². The summed E-state index contributed by atoms with van der Waals surface area (Å²) < 4.78 is 0. The van der Waals surface area contributed by atoms with Gasteiger partial charge in [0.05, 0.1) is 17.1 Å². The maximum Gasteiger partial charge on any atom is 0.146 e. The Balaban J connectivity index is 1.95. The second-order valence-electron chi connectivity index (χ2n) is 6.01. The summed E-state index contributed by atoms with van der Waals surface area (Å²) in [6.07, 6.45) is 3.41. The summed E-state index contributed by atoms with van der Waals surface area (Å²) in [6, 6.07) is 19.2. The Morgan fingerprint density at radius 2 is 1.60 bits per heavy atom. The van der Waals surface area contributed by atoms with Crippen LogP contribution < -0.4 is 5.32 Å². The van der Waals surface area contributed by atoms with E-state index in [1.807, 2.05) is 60.7 Å². The monoisotopic (exact) mass is 333 g/mol. The molecule has 0 atom stereocenters. The second-order valence-corrected chi connectivity index (χ2v) is 6.01. The van der Waals surface area contributed by atoms with E-state index in [9.17, 15) is 5.11 Å². The van der Waals surface area contributed by atoms with E-state index >= 15 is 0 Å². The summed E-state index contributed by atoms with van der Waals surface area (Å²) in [6.45, 7) is 3.00. The number of phenolic OH excluding ortho intramolecular Hbond substituents is 1.